The average Bonchev–Trinajstić information content (AvgIpc) is 2.69. The lowest BCUT2D eigenvalue weighted by Gasteiger charge is -2.03. The zero-order valence-electron chi connectivity index (χ0n) is 15.8. The number of nitrogens with one attached hydrogen (secondary N) is 1. The zero-order chi connectivity index (χ0) is 22.9. The molecule has 0 unspecified atom stereocenters. The van der Waals surface area contributed by atoms with Crippen LogP contribution in [-0.4, -0.2) is 46.6 Å². The molecule has 0 fully saturated rings. The fourth-order valence-corrected chi connectivity index (χ4v) is 2.98. The van der Waals surface area contributed by atoms with Gasteiger partial charge in [0.25, 0.3) is 6.21 Å². The number of esters is 1. The SMILES string of the molecule is COC(=O)/C=[N+](\[O-])Cc1cccc(I)c1.O=CC(=O)O.ONCc1cccc(I)c1. The summed E-state index contributed by atoms with van der Waals surface area (Å²) >= 11 is 4.40. The van der Waals surface area contributed by atoms with Crippen LogP contribution in [0.1, 0.15) is 11.1 Å². The monoisotopic (exact) mass is 642 g/mol. The highest BCUT2D eigenvalue weighted by Gasteiger charge is 2.03. The zero-order valence-corrected chi connectivity index (χ0v) is 20.1. The second-order valence-corrected chi connectivity index (χ2v) is 7.77. The van der Waals surface area contributed by atoms with Crippen molar-refractivity contribution < 1.29 is 34.2 Å². The van der Waals surface area contributed by atoms with Crippen LogP contribution in [-0.2, 0) is 32.2 Å². The van der Waals surface area contributed by atoms with Gasteiger partial charge in [-0.2, -0.15) is 0 Å². The number of methoxy groups -OCH3 is 1. The smallest absolute Gasteiger partial charge is 0.396 e. The number of aliphatic carboxylic acids is 1. The Morgan fingerprint density at radius 2 is 1.63 bits per heavy atom. The lowest BCUT2D eigenvalue weighted by atomic mass is 10.2. The van der Waals surface area contributed by atoms with E-state index >= 15 is 0 Å². The molecule has 3 N–H and O–H groups in total. The third kappa shape index (κ3) is 14.8. The summed E-state index contributed by atoms with van der Waals surface area (Å²) in [5.74, 6) is -2.07. The number of carbonyl (C=O) groups excluding carboxylic acids is 2. The van der Waals surface area contributed by atoms with Gasteiger partial charge in [-0.3, -0.25) is 4.79 Å². The molecule has 0 bridgehead atoms. The molecule has 0 aliphatic carbocycles. The van der Waals surface area contributed by atoms with Gasteiger partial charge in [-0.05, 0) is 75.0 Å². The molecule has 0 heterocycles. The summed E-state index contributed by atoms with van der Waals surface area (Å²) < 4.78 is 7.14. The molecular formula is C19H20I2N2O7. The van der Waals surface area contributed by atoms with Gasteiger partial charge in [-0.15, -0.1) is 0 Å². The highest BCUT2D eigenvalue weighted by molar-refractivity contribution is 14.1. The Kier molecular flexibility index (Phi) is 15.5. The summed E-state index contributed by atoms with van der Waals surface area (Å²) in [5, 5.41) is 27.0. The molecule has 0 amide bonds. The maximum Gasteiger partial charge on any atom is 0.396 e. The molecule has 0 atom stereocenters. The highest BCUT2D eigenvalue weighted by Crippen LogP contribution is 2.08. The topological polar surface area (TPSA) is 139 Å². The van der Waals surface area contributed by atoms with E-state index in [1.54, 1.807) is 0 Å². The summed E-state index contributed by atoms with van der Waals surface area (Å²) in [6.45, 7) is 0.656. The maximum absolute atomic E-state index is 11.3. The molecule has 2 aromatic carbocycles. The van der Waals surface area contributed by atoms with Gasteiger partial charge in [0, 0.05) is 19.2 Å². The van der Waals surface area contributed by atoms with Crippen molar-refractivity contribution in [3.63, 3.8) is 0 Å². The molecule has 0 aromatic heterocycles. The predicted molar refractivity (Wildman–Crippen MR) is 126 cm³/mol. The number of hydrogen-bond acceptors (Lipinski definition) is 7. The molecule has 0 aliphatic rings. The third-order valence-electron chi connectivity index (χ3n) is 2.95. The predicted octanol–water partition coefficient (Wildman–Crippen LogP) is 2.59. The number of ether oxygens (including phenoxy) is 1. The largest absolute Gasteiger partial charge is 0.623 e. The van der Waals surface area contributed by atoms with E-state index in [0.29, 0.717) is 11.3 Å². The Labute approximate surface area is 200 Å². The second kappa shape index (κ2) is 16.7. The summed E-state index contributed by atoms with van der Waals surface area (Å²) in [6.07, 6.45) is 0.722. The Balaban J connectivity index is 0.000000481. The van der Waals surface area contributed by atoms with E-state index in [-0.39, 0.29) is 12.8 Å². The van der Waals surface area contributed by atoms with Crippen LogP contribution in [0.25, 0.3) is 0 Å². The number of halogens is 2. The number of hydroxylamine groups is 2. The van der Waals surface area contributed by atoms with Gasteiger partial charge in [0.15, 0.2) is 6.54 Å². The Morgan fingerprint density at radius 3 is 2.07 bits per heavy atom. The molecule has 162 valence electrons. The average molecular weight is 642 g/mol. The third-order valence-corrected chi connectivity index (χ3v) is 4.29. The van der Waals surface area contributed by atoms with Crippen LogP contribution in [0.15, 0.2) is 48.5 Å². The summed E-state index contributed by atoms with van der Waals surface area (Å²) in [7, 11) is 1.23. The first-order chi connectivity index (χ1) is 14.2. The number of carboxylic acid groups (broad SMARTS) is 1. The normalized spacial score (nSPS) is 9.93. The van der Waals surface area contributed by atoms with Crippen LogP contribution in [0.4, 0.5) is 0 Å². The molecule has 9 nitrogen and oxygen atoms in total. The molecule has 0 saturated carbocycles. The van der Waals surface area contributed by atoms with Crippen molar-refractivity contribution in [3.05, 3.63) is 72.0 Å². The Bertz CT molecular complexity index is 860. The van der Waals surface area contributed by atoms with Crippen molar-refractivity contribution in [2.24, 2.45) is 0 Å². The van der Waals surface area contributed by atoms with E-state index in [4.69, 9.17) is 19.9 Å². The van der Waals surface area contributed by atoms with Gasteiger partial charge in [-0.25, -0.2) is 19.8 Å². The van der Waals surface area contributed by atoms with Crippen LogP contribution in [0.2, 0.25) is 0 Å². The molecule has 30 heavy (non-hydrogen) atoms. The molecular weight excluding hydrogens is 622 g/mol. The van der Waals surface area contributed by atoms with E-state index in [2.05, 4.69) is 55.4 Å². The van der Waals surface area contributed by atoms with Crippen LogP contribution in [0.3, 0.4) is 0 Å². The van der Waals surface area contributed by atoms with Crippen molar-refractivity contribution in [1.82, 2.24) is 5.48 Å². The van der Waals surface area contributed by atoms with E-state index < -0.39 is 11.9 Å². The van der Waals surface area contributed by atoms with E-state index in [1.165, 1.54) is 10.7 Å². The second-order valence-electron chi connectivity index (χ2n) is 5.28. The minimum atomic E-state index is -1.43. The number of carboxylic acids is 1. The van der Waals surface area contributed by atoms with Crippen molar-refractivity contribution in [2.45, 2.75) is 13.1 Å². The van der Waals surface area contributed by atoms with Gasteiger partial charge in [0.05, 0.1) is 7.11 Å². The van der Waals surface area contributed by atoms with Crippen LogP contribution >= 0.6 is 45.2 Å². The molecule has 0 aliphatic heterocycles. The fraction of sp³-hybridized carbons (Fsp3) is 0.158. The van der Waals surface area contributed by atoms with Gasteiger partial charge in [-0.1, -0.05) is 24.3 Å². The lowest BCUT2D eigenvalue weighted by molar-refractivity contribution is -0.469. The first-order valence-corrected chi connectivity index (χ1v) is 10.3. The van der Waals surface area contributed by atoms with Crippen LogP contribution in [0, 0.1) is 12.3 Å². The number of hydrogen-bond donors (Lipinski definition) is 3. The number of aldehydes is 1. The van der Waals surface area contributed by atoms with Gasteiger partial charge in [0.1, 0.15) is 0 Å². The van der Waals surface area contributed by atoms with Gasteiger partial charge in [0.2, 0.25) is 6.29 Å². The summed E-state index contributed by atoms with van der Waals surface area (Å²) in [6, 6.07) is 15.5. The summed E-state index contributed by atoms with van der Waals surface area (Å²) in [4.78, 5) is 28.7. The molecule has 11 heteroatoms. The van der Waals surface area contributed by atoms with Gasteiger partial charge < -0.3 is 20.3 Å². The Hall–Kier alpha value is -2.10. The van der Waals surface area contributed by atoms with Crippen LogP contribution in [0.5, 0.6) is 0 Å². The number of nitrogens with zero attached hydrogens (tertiary/aromatic N) is 1. The lowest BCUT2D eigenvalue weighted by Crippen LogP contribution is -2.13. The first-order valence-electron chi connectivity index (χ1n) is 8.12. The molecule has 2 rings (SSSR count). The molecule has 0 saturated heterocycles. The fourth-order valence-electron chi connectivity index (χ4n) is 1.77. The number of carbonyl (C=O) groups is 3. The standard InChI is InChI=1S/C10H10INO3.C7H8INO.C2H2O3/c1-15-10(13)7-12(14)6-8-3-2-4-9(11)5-8;8-7-3-1-2-6(4-7)5-9-10;3-1-2(4)5/h2-5,7H,6H2,1H3;1-4,9-10H,5H2;1H,(H,4,5)/b12-7-;;. The van der Waals surface area contributed by atoms with E-state index in [1.807, 2.05) is 48.5 Å². The number of benzene rings is 2. The van der Waals surface area contributed by atoms with Crippen molar-refractivity contribution >= 4 is 69.6 Å². The summed E-state index contributed by atoms with van der Waals surface area (Å²) in [5.41, 5.74) is 4.06. The van der Waals surface area contributed by atoms with Crippen molar-refractivity contribution in [1.29, 1.82) is 0 Å². The minimum Gasteiger partial charge on any atom is -0.623 e. The van der Waals surface area contributed by atoms with Crippen LogP contribution < -0.4 is 5.48 Å². The van der Waals surface area contributed by atoms with Crippen molar-refractivity contribution in [2.75, 3.05) is 7.11 Å². The number of rotatable bonds is 6. The quantitative estimate of drug-likeness (QED) is 0.0640. The minimum absolute atomic E-state index is 0.145. The first kappa shape index (κ1) is 27.9. The maximum atomic E-state index is 11.3. The highest BCUT2D eigenvalue weighted by atomic mass is 127. The van der Waals surface area contributed by atoms with E-state index in [0.717, 1.165) is 20.9 Å². The molecule has 0 radical (unpaired) electrons. The Morgan fingerprint density at radius 1 is 1.13 bits per heavy atom. The molecule has 2 aromatic rings. The molecule has 0 spiro atoms. The van der Waals surface area contributed by atoms with Crippen molar-refractivity contribution in [3.8, 4) is 0 Å². The van der Waals surface area contributed by atoms with Gasteiger partial charge >= 0.3 is 11.9 Å². The van der Waals surface area contributed by atoms with E-state index in [9.17, 15) is 10.0 Å².